The molecule has 0 saturated carbocycles. The quantitative estimate of drug-likeness (QED) is 0.399. The average molecular weight is 575 g/mol. The molecule has 1 N–H and O–H groups in total. The SMILES string of the molecule is COC(=O)C1=C(C)NC2=C(C(=O)CC(C)(C)C2)[C@@H]1c1ccc(OC)c(COc2ccc(Cl)cc2Br)c1. The van der Waals surface area contributed by atoms with Crippen molar-refractivity contribution >= 4 is 39.3 Å². The van der Waals surface area contributed by atoms with Gasteiger partial charge >= 0.3 is 5.97 Å². The molecule has 0 amide bonds. The van der Waals surface area contributed by atoms with Gasteiger partial charge in [0.1, 0.15) is 18.1 Å². The van der Waals surface area contributed by atoms with Gasteiger partial charge in [-0.05, 0) is 70.6 Å². The summed E-state index contributed by atoms with van der Waals surface area (Å²) in [4.78, 5) is 26.4. The van der Waals surface area contributed by atoms with Crippen LogP contribution < -0.4 is 14.8 Å². The lowest BCUT2D eigenvalue weighted by atomic mass is 9.68. The Labute approximate surface area is 224 Å². The predicted octanol–water partition coefficient (Wildman–Crippen LogP) is 6.47. The Balaban J connectivity index is 1.78. The van der Waals surface area contributed by atoms with Gasteiger partial charge in [0.2, 0.25) is 0 Å². The molecule has 0 fully saturated rings. The second kappa shape index (κ2) is 10.3. The Bertz CT molecular complexity index is 1300. The van der Waals surface area contributed by atoms with Crippen molar-refractivity contribution in [1.82, 2.24) is 5.32 Å². The first-order chi connectivity index (χ1) is 17.0. The highest BCUT2D eigenvalue weighted by molar-refractivity contribution is 9.10. The van der Waals surface area contributed by atoms with Crippen molar-refractivity contribution < 1.29 is 23.8 Å². The van der Waals surface area contributed by atoms with E-state index >= 15 is 0 Å². The fraction of sp³-hybridized carbons (Fsp3) is 0.357. The highest BCUT2D eigenvalue weighted by Crippen LogP contribution is 2.47. The molecule has 2 aromatic carbocycles. The maximum atomic E-state index is 13.4. The predicted molar refractivity (Wildman–Crippen MR) is 142 cm³/mol. The number of hydrogen-bond donors (Lipinski definition) is 1. The number of ketones is 1. The van der Waals surface area contributed by atoms with Crippen LogP contribution in [0.5, 0.6) is 11.5 Å². The van der Waals surface area contributed by atoms with Crippen LogP contribution in [0.1, 0.15) is 50.7 Å². The molecule has 1 heterocycles. The smallest absolute Gasteiger partial charge is 0.336 e. The average Bonchev–Trinajstić information content (AvgIpc) is 2.81. The van der Waals surface area contributed by atoms with Crippen LogP contribution in [0.2, 0.25) is 5.02 Å². The molecule has 1 aliphatic carbocycles. The number of esters is 1. The molecule has 36 heavy (non-hydrogen) atoms. The van der Waals surface area contributed by atoms with E-state index in [0.717, 1.165) is 21.3 Å². The molecule has 6 nitrogen and oxygen atoms in total. The standard InChI is InChI=1S/C28H29BrClNO5/c1-15-24(27(33)35-5)25(26-20(31-15)12-28(2,3)13-21(26)32)16-6-8-22(34-4)17(10-16)14-36-23-9-7-18(30)11-19(23)29/h6-11,25,31H,12-14H2,1-5H3/t25-/m1/s1. The summed E-state index contributed by atoms with van der Waals surface area (Å²) in [5.41, 5.74) is 4.02. The normalized spacial score (nSPS) is 19.0. The second-order valence-electron chi connectivity index (χ2n) is 9.86. The van der Waals surface area contributed by atoms with Crippen LogP contribution in [0.15, 0.2) is 63.4 Å². The first kappa shape index (κ1) is 26.3. The van der Waals surface area contributed by atoms with Crippen molar-refractivity contribution in [1.29, 1.82) is 0 Å². The van der Waals surface area contributed by atoms with Crippen molar-refractivity contribution in [3.63, 3.8) is 0 Å². The number of dihydropyridines is 1. The fourth-order valence-electron chi connectivity index (χ4n) is 4.99. The van der Waals surface area contributed by atoms with Crippen LogP contribution in [-0.4, -0.2) is 26.0 Å². The van der Waals surface area contributed by atoms with Gasteiger partial charge in [-0.25, -0.2) is 4.79 Å². The molecule has 2 aliphatic rings. The van der Waals surface area contributed by atoms with Crippen LogP contribution >= 0.6 is 27.5 Å². The van der Waals surface area contributed by atoms with Gasteiger partial charge in [0.05, 0.1) is 24.3 Å². The molecule has 0 bridgehead atoms. The third-order valence-electron chi connectivity index (χ3n) is 6.56. The molecule has 2 aromatic rings. The molecule has 8 heteroatoms. The summed E-state index contributed by atoms with van der Waals surface area (Å²) >= 11 is 9.53. The lowest BCUT2D eigenvalue weighted by Crippen LogP contribution is -2.38. The second-order valence-corrected chi connectivity index (χ2v) is 11.1. The van der Waals surface area contributed by atoms with E-state index in [4.69, 9.17) is 25.8 Å². The van der Waals surface area contributed by atoms with Crippen LogP contribution in [0.25, 0.3) is 0 Å². The highest BCUT2D eigenvalue weighted by Gasteiger charge is 2.43. The van der Waals surface area contributed by atoms with Gasteiger partial charge in [-0.3, -0.25) is 4.79 Å². The van der Waals surface area contributed by atoms with Gasteiger partial charge in [0, 0.05) is 39.9 Å². The third kappa shape index (κ3) is 5.18. The lowest BCUT2D eigenvalue weighted by Gasteiger charge is -2.39. The molecule has 0 aromatic heterocycles. The van der Waals surface area contributed by atoms with E-state index in [1.54, 1.807) is 25.3 Å². The number of Topliss-reactive ketones (excluding diaryl/α,β-unsaturated/α-hetero) is 1. The Morgan fingerprint density at radius 2 is 1.86 bits per heavy atom. The number of benzene rings is 2. The molecule has 1 aliphatic heterocycles. The van der Waals surface area contributed by atoms with E-state index in [2.05, 4.69) is 35.1 Å². The third-order valence-corrected chi connectivity index (χ3v) is 7.41. The zero-order valence-electron chi connectivity index (χ0n) is 21.0. The Kier molecular flexibility index (Phi) is 7.53. The largest absolute Gasteiger partial charge is 0.496 e. The first-order valence-electron chi connectivity index (χ1n) is 11.6. The summed E-state index contributed by atoms with van der Waals surface area (Å²) < 4.78 is 17.5. The van der Waals surface area contributed by atoms with Crippen molar-refractivity contribution in [2.24, 2.45) is 5.41 Å². The topological polar surface area (TPSA) is 73.9 Å². The molecule has 190 valence electrons. The molecular weight excluding hydrogens is 546 g/mol. The van der Waals surface area contributed by atoms with Gasteiger partial charge in [-0.2, -0.15) is 0 Å². The van der Waals surface area contributed by atoms with Crippen molar-refractivity contribution in [2.45, 2.75) is 46.1 Å². The van der Waals surface area contributed by atoms with Crippen LogP contribution in [0, 0.1) is 5.41 Å². The number of carbonyl (C=O) groups is 2. The minimum Gasteiger partial charge on any atom is -0.496 e. The number of halogens is 2. The summed E-state index contributed by atoms with van der Waals surface area (Å²) in [6.45, 7) is 6.22. The van der Waals surface area contributed by atoms with E-state index in [1.165, 1.54) is 7.11 Å². The zero-order valence-corrected chi connectivity index (χ0v) is 23.3. The van der Waals surface area contributed by atoms with E-state index in [0.29, 0.717) is 46.2 Å². The number of allylic oxidation sites excluding steroid dienone is 3. The molecule has 0 spiro atoms. The van der Waals surface area contributed by atoms with E-state index in [9.17, 15) is 9.59 Å². The number of ether oxygens (including phenoxy) is 3. The fourth-order valence-corrected chi connectivity index (χ4v) is 5.79. The van der Waals surface area contributed by atoms with E-state index in [-0.39, 0.29) is 17.8 Å². The minimum atomic E-state index is -0.552. The Morgan fingerprint density at radius 1 is 1.14 bits per heavy atom. The van der Waals surface area contributed by atoms with Gasteiger partial charge in [-0.1, -0.05) is 31.5 Å². The lowest BCUT2D eigenvalue weighted by molar-refractivity contribution is -0.136. The summed E-state index contributed by atoms with van der Waals surface area (Å²) in [6, 6.07) is 11.0. The number of hydrogen-bond acceptors (Lipinski definition) is 6. The highest BCUT2D eigenvalue weighted by atomic mass is 79.9. The number of rotatable bonds is 6. The summed E-state index contributed by atoms with van der Waals surface area (Å²) in [6.07, 6.45) is 1.13. The van der Waals surface area contributed by atoms with Gasteiger partial charge < -0.3 is 19.5 Å². The molecule has 0 unspecified atom stereocenters. The van der Waals surface area contributed by atoms with E-state index < -0.39 is 11.9 Å². The summed E-state index contributed by atoms with van der Waals surface area (Å²) in [5, 5.41) is 3.93. The maximum Gasteiger partial charge on any atom is 0.336 e. The van der Waals surface area contributed by atoms with Crippen LogP contribution in [0.3, 0.4) is 0 Å². The first-order valence-corrected chi connectivity index (χ1v) is 12.8. The molecule has 4 rings (SSSR count). The zero-order chi connectivity index (χ0) is 26.2. The summed E-state index contributed by atoms with van der Waals surface area (Å²) in [5.74, 6) is 0.293. The van der Waals surface area contributed by atoms with Gasteiger partial charge in [0.15, 0.2) is 5.78 Å². The van der Waals surface area contributed by atoms with Crippen molar-refractivity contribution in [2.75, 3.05) is 14.2 Å². The number of nitrogens with one attached hydrogen (secondary N) is 1. The summed E-state index contributed by atoms with van der Waals surface area (Å²) in [7, 11) is 2.95. The van der Waals surface area contributed by atoms with Gasteiger partial charge in [-0.15, -0.1) is 0 Å². The number of methoxy groups -OCH3 is 2. The van der Waals surface area contributed by atoms with Crippen LogP contribution in [-0.2, 0) is 20.9 Å². The van der Waals surface area contributed by atoms with Gasteiger partial charge in [0.25, 0.3) is 0 Å². The molecule has 0 radical (unpaired) electrons. The Morgan fingerprint density at radius 3 is 2.53 bits per heavy atom. The van der Waals surface area contributed by atoms with Crippen LogP contribution in [0.4, 0.5) is 0 Å². The number of carbonyl (C=O) groups excluding carboxylic acids is 2. The molecule has 0 saturated heterocycles. The minimum absolute atomic E-state index is 0.0337. The van der Waals surface area contributed by atoms with E-state index in [1.807, 2.05) is 25.1 Å². The maximum absolute atomic E-state index is 13.4. The van der Waals surface area contributed by atoms with Crippen molar-refractivity contribution in [3.05, 3.63) is 79.6 Å². The molecule has 1 atom stereocenters. The monoisotopic (exact) mass is 573 g/mol. The van der Waals surface area contributed by atoms with Crippen molar-refractivity contribution in [3.8, 4) is 11.5 Å². The Hall–Kier alpha value is -2.77. The molecular formula is C28H29BrClNO5.